The van der Waals surface area contributed by atoms with Gasteiger partial charge in [0.25, 0.3) is 11.5 Å². The molecule has 1 heterocycles. The highest BCUT2D eigenvalue weighted by Crippen LogP contribution is 2.23. The fraction of sp³-hybridized carbons (Fsp3) is 0.105. The van der Waals surface area contributed by atoms with Crippen LogP contribution in [0.15, 0.2) is 65.6 Å². The van der Waals surface area contributed by atoms with E-state index in [0.29, 0.717) is 5.69 Å². The van der Waals surface area contributed by atoms with E-state index in [9.17, 15) is 14.4 Å². The number of hydrogen-bond donors (Lipinski definition) is 2. The predicted octanol–water partition coefficient (Wildman–Crippen LogP) is 2.71. The lowest BCUT2D eigenvalue weighted by Gasteiger charge is -2.14. The molecular formula is C19H16N2O4. The molecule has 2 aromatic carbocycles. The minimum Gasteiger partial charge on any atom is -0.449 e. The summed E-state index contributed by atoms with van der Waals surface area (Å²) in [6.07, 6.45) is 0.363. The van der Waals surface area contributed by atoms with Crippen LogP contribution in [0.2, 0.25) is 0 Å². The van der Waals surface area contributed by atoms with Crippen molar-refractivity contribution in [1.29, 1.82) is 0 Å². The monoisotopic (exact) mass is 336 g/mol. The second-order valence-electron chi connectivity index (χ2n) is 5.48. The highest BCUT2D eigenvalue weighted by Gasteiger charge is 2.21. The summed E-state index contributed by atoms with van der Waals surface area (Å²) in [4.78, 5) is 38.3. The number of esters is 1. The quantitative estimate of drug-likeness (QED) is 0.717. The number of rotatable bonds is 4. The SMILES string of the molecule is CC(OC(=O)c1ccc[nH]c1=O)C(=O)Nc1cccc2ccccc12. The van der Waals surface area contributed by atoms with E-state index >= 15 is 0 Å². The second-order valence-corrected chi connectivity index (χ2v) is 5.48. The van der Waals surface area contributed by atoms with Crippen molar-refractivity contribution in [2.75, 3.05) is 5.32 Å². The Kier molecular flexibility index (Phi) is 4.61. The second kappa shape index (κ2) is 7.00. The van der Waals surface area contributed by atoms with Gasteiger partial charge in [0.1, 0.15) is 5.56 Å². The van der Waals surface area contributed by atoms with Crippen LogP contribution in [0.25, 0.3) is 10.8 Å². The van der Waals surface area contributed by atoms with Gasteiger partial charge in [0.05, 0.1) is 0 Å². The van der Waals surface area contributed by atoms with Crippen LogP contribution in [0.4, 0.5) is 5.69 Å². The van der Waals surface area contributed by atoms with Gasteiger partial charge in [0.2, 0.25) is 0 Å². The minimum atomic E-state index is -1.05. The number of carbonyl (C=O) groups is 2. The molecule has 1 amide bonds. The van der Waals surface area contributed by atoms with Crippen molar-refractivity contribution in [1.82, 2.24) is 4.98 Å². The summed E-state index contributed by atoms with van der Waals surface area (Å²) in [5.41, 5.74) is -0.0787. The zero-order valence-corrected chi connectivity index (χ0v) is 13.5. The molecule has 0 radical (unpaired) electrons. The normalized spacial score (nSPS) is 11.7. The maximum atomic E-state index is 12.3. The Bertz CT molecular complexity index is 988. The molecule has 2 N–H and O–H groups in total. The summed E-state index contributed by atoms with van der Waals surface area (Å²) in [5, 5.41) is 4.63. The average Bonchev–Trinajstić information content (AvgIpc) is 2.62. The summed E-state index contributed by atoms with van der Waals surface area (Å²) in [6.45, 7) is 1.45. The number of aromatic amines is 1. The van der Waals surface area contributed by atoms with Crippen LogP contribution < -0.4 is 10.9 Å². The molecule has 3 rings (SSSR count). The van der Waals surface area contributed by atoms with E-state index in [4.69, 9.17) is 4.74 Å². The number of fused-ring (bicyclic) bond motifs is 1. The fourth-order valence-electron chi connectivity index (χ4n) is 2.43. The number of benzene rings is 2. The van der Waals surface area contributed by atoms with Gasteiger partial charge in [-0.05, 0) is 30.5 Å². The summed E-state index contributed by atoms with van der Waals surface area (Å²) in [5.74, 6) is -1.32. The number of carbonyl (C=O) groups excluding carboxylic acids is 2. The van der Waals surface area contributed by atoms with Crippen LogP contribution in [0, 0.1) is 0 Å². The molecule has 0 saturated heterocycles. The van der Waals surface area contributed by atoms with Gasteiger partial charge >= 0.3 is 5.97 Å². The molecular weight excluding hydrogens is 320 g/mol. The van der Waals surface area contributed by atoms with E-state index < -0.39 is 23.5 Å². The van der Waals surface area contributed by atoms with Gasteiger partial charge in [-0.2, -0.15) is 0 Å². The number of anilines is 1. The Hall–Kier alpha value is -3.41. The number of aromatic nitrogens is 1. The molecule has 25 heavy (non-hydrogen) atoms. The van der Waals surface area contributed by atoms with Crippen LogP contribution >= 0.6 is 0 Å². The summed E-state index contributed by atoms with van der Waals surface area (Å²) < 4.78 is 5.09. The van der Waals surface area contributed by atoms with Gasteiger partial charge in [-0.15, -0.1) is 0 Å². The van der Waals surface area contributed by atoms with Crippen molar-refractivity contribution in [3.8, 4) is 0 Å². The molecule has 6 heteroatoms. The van der Waals surface area contributed by atoms with Gasteiger partial charge < -0.3 is 15.0 Å². The van der Waals surface area contributed by atoms with Gasteiger partial charge in [-0.1, -0.05) is 36.4 Å². The molecule has 0 aliphatic heterocycles. The largest absolute Gasteiger partial charge is 0.449 e. The van der Waals surface area contributed by atoms with E-state index in [-0.39, 0.29) is 5.56 Å². The standard InChI is InChI=1S/C19H16N2O4/c1-12(25-19(24)15-9-5-11-20-18(15)23)17(22)21-16-10-4-7-13-6-2-3-8-14(13)16/h2-12H,1H3,(H,20,23)(H,21,22). The van der Waals surface area contributed by atoms with Crippen molar-refractivity contribution >= 4 is 28.3 Å². The van der Waals surface area contributed by atoms with E-state index in [1.165, 1.54) is 25.3 Å². The number of pyridine rings is 1. The van der Waals surface area contributed by atoms with E-state index in [1.54, 1.807) is 6.07 Å². The van der Waals surface area contributed by atoms with Crippen LogP contribution in [0.1, 0.15) is 17.3 Å². The fourth-order valence-corrected chi connectivity index (χ4v) is 2.43. The van der Waals surface area contributed by atoms with Crippen LogP contribution in [-0.4, -0.2) is 23.0 Å². The first-order chi connectivity index (χ1) is 12.1. The zero-order chi connectivity index (χ0) is 17.8. The van der Waals surface area contributed by atoms with E-state index in [2.05, 4.69) is 10.3 Å². The molecule has 6 nitrogen and oxygen atoms in total. The van der Waals surface area contributed by atoms with Crippen molar-refractivity contribution < 1.29 is 14.3 Å². The molecule has 1 aromatic heterocycles. The first kappa shape index (κ1) is 16.4. The number of H-pyrrole nitrogens is 1. The molecule has 0 saturated carbocycles. The Morgan fingerprint density at radius 3 is 2.60 bits per heavy atom. The summed E-state index contributed by atoms with van der Waals surface area (Å²) >= 11 is 0. The van der Waals surface area contributed by atoms with Crippen LogP contribution in [0.5, 0.6) is 0 Å². The molecule has 1 atom stereocenters. The third kappa shape index (κ3) is 3.58. The highest BCUT2D eigenvalue weighted by atomic mass is 16.5. The third-order valence-electron chi connectivity index (χ3n) is 3.74. The topological polar surface area (TPSA) is 88.3 Å². The van der Waals surface area contributed by atoms with Gasteiger partial charge in [0.15, 0.2) is 6.10 Å². The third-order valence-corrected chi connectivity index (χ3v) is 3.74. The minimum absolute atomic E-state index is 0.146. The van der Waals surface area contributed by atoms with Crippen molar-refractivity contribution in [3.63, 3.8) is 0 Å². The maximum absolute atomic E-state index is 12.3. The zero-order valence-electron chi connectivity index (χ0n) is 13.5. The lowest BCUT2D eigenvalue weighted by atomic mass is 10.1. The first-order valence-corrected chi connectivity index (χ1v) is 7.73. The Labute approximate surface area is 143 Å². The molecule has 0 spiro atoms. The number of hydrogen-bond acceptors (Lipinski definition) is 4. The first-order valence-electron chi connectivity index (χ1n) is 7.73. The van der Waals surface area contributed by atoms with Crippen LogP contribution in [0.3, 0.4) is 0 Å². The lowest BCUT2D eigenvalue weighted by Crippen LogP contribution is -2.31. The van der Waals surface area contributed by atoms with Crippen LogP contribution in [-0.2, 0) is 9.53 Å². The number of ether oxygens (including phenoxy) is 1. The van der Waals surface area contributed by atoms with E-state index in [0.717, 1.165) is 10.8 Å². The van der Waals surface area contributed by atoms with Crippen molar-refractivity contribution in [2.45, 2.75) is 13.0 Å². The summed E-state index contributed by atoms with van der Waals surface area (Å²) in [7, 11) is 0. The van der Waals surface area contributed by atoms with Crippen molar-refractivity contribution in [2.24, 2.45) is 0 Å². The summed E-state index contributed by atoms with van der Waals surface area (Å²) in [6, 6.07) is 16.0. The Morgan fingerprint density at radius 1 is 1.04 bits per heavy atom. The Balaban J connectivity index is 1.73. The van der Waals surface area contributed by atoms with Gasteiger partial charge in [0, 0.05) is 17.3 Å². The smallest absolute Gasteiger partial charge is 0.344 e. The van der Waals surface area contributed by atoms with Crippen molar-refractivity contribution in [3.05, 3.63) is 76.7 Å². The molecule has 126 valence electrons. The molecule has 1 unspecified atom stereocenters. The molecule has 0 aliphatic rings. The predicted molar refractivity (Wildman–Crippen MR) is 94.5 cm³/mol. The van der Waals surface area contributed by atoms with E-state index in [1.807, 2.05) is 36.4 Å². The van der Waals surface area contributed by atoms with Gasteiger partial charge in [-0.25, -0.2) is 4.79 Å². The molecule has 0 fully saturated rings. The highest BCUT2D eigenvalue weighted by molar-refractivity contribution is 6.04. The molecule has 0 bridgehead atoms. The average molecular weight is 336 g/mol. The number of amides is 1. The molecule has 0 aliphatic carbocycles. The lowest BCUT2D eigenvalue weighted by molar-refractivity contribution is -0.123. The maximum Gasteiger partial charge on any atom is 0.344 e. The van der Waals surface area contributed by atoms with Gasteiger partial charge in [-0.3, -0.25) is 9.59 Å². The Morgan fingerprint density at radius 2 is 1.80 bits per heavy atom. The molecule has 3 aromatic rings. The number of nitrogens with one attached hydrogen (secondary N) is 2.